The molecule has 0 saturated heterocycles. The average molecular weight is 384 g/mol. The lowest BCUT2D eigenvalue weighted by atomic mass is 9.86. The molecule has 0 heterocycles. The van der Waals surface area contributed by atoms with Crippen molar-refractivity contribution < 1.29 is 18.7 Å². The molecule has 2 saturated carbocycles. The van der Waals surface area contributed by atoms with Crippen LogP contribution in [0, 0.1) is 23.6 Å². The highest BCUT2D eigenvalue weighted by atomic mass is 79.9. The Hall–Kier alpha value is -1.43. The van der Waals surface area contributed by atoms with E-state index in [1.54, 1.807) is 6.07 Å². The van der Waals surface area contributed by atoms with E-state index in [2.05, 4.69) is 21.2 Å². The van der Waals surface area contributed by atoms with Crippen LogP contribution in [-0.2, 0) is 14.3 Å². The van der Waals surface area contributed by atoms with Crippen molar-refractivity contribution in [1.82, 2.24) is 0 Å². The summed E-state index contributed by atoms with van der Waals surface area (Å²) in [6.45, 7) is -0.380. The van der Waals surface area contributed by atoms with Crippen molar-refractivity contribution in [2.45, 2.75) is 32.1 Å². The number of ether oxygens (including phenoxy) is 1. The normalized spacial score (nSPS) is 25.4. The van der Waals surface area contributed by atoms with Crippen LogP contribution in [0.1, 0.15) is 32.1 Å². The number of fused-ring (bicyclic) bond motifs is 2. The summed E-state index contributed by atoms with van der Waals surface area (Å²) in [5.41, 5.74) is 0.0716. The molecule has 2 fully saturated rings. The Bertz CT molecular complexity index is 622. The first-order valence-electron chi connectivity index (χ1n) is 7.92. The van der Waals surface area contributed by atoms with E-state index >= 15 is 0 Å². The van der Waals surface area contributed by atoms with E-state index in [1.165, 1.54) is 31.4 Å². The van der Waals surface area contributed by atoms with E-state index in [0.29, 0.717) is 22.7 Å². The molecule has 1 aromatic carbocycles. The molecule has 124 valence electrons. The molecule has 3 atom stereocenters. The van der Waals surface area contributed by atoms with Crippen molar-refractivity contribution >= 4 is 33.5 Å². The van der Waals surface area contributed by atoms with E-state index in [9.17, 15) is 14.0 Å². The molecule has 2 bridgehead atoms. The van der Waals surface area contributed by atoms with Gasteiger partial charge >= 0.3 is 5.97 Å². The first-order valence-corrected chi connectivity index (χ1v) is 8.71. The van der Waals surface area contributed by atoms with Crippen LogP contribution in [0.4, 0.5) is 10.1 Å². The maximum Gasteiger partial charge on any atom is 0.306 e. The minimum absolute atomic E-state index is 0.0716. The van der Waals surface area contributed by atoms with Gasteiger partial charge in [-0.25, -0.2) is 4.39 Å². The molecule has 1 N–H and O–H groups in total. The van der Waals surface area contributed by atoms with Gasteiger partial charge in [0.15, 0.2) is 6.61 Å². The SMILES string of the molecule is O=C(COC(=O)CC1CC2CCC1C2)Nc1ccc(Br)cc1F. The Morgan fingerprint density at radius 3 is 2.78 bits per heavy atom. The number of hydrogen-bond acceptors (Lipinski definition) is 3. The molecule has 0 aromatic heterocycles. The molecule has 6 heteroatoms. The molecule has 0 radical (unpaired) electrons. The number of esters is 1. The molecule has 4 nitrogen and oxygen atoms in total. The van der Waals surface area contributed by atoms with Gasteiger partial charge in [0.25, 0.3) is 5.91 Å². The van der Waals surface area contributed by atoms with Gasteiger partial charge in [0.1, 0.15) is 5.82 Å². The highest BCUT2D eigenvalue weighted by molar-refractivity contribution is 9.10. The average Bonchev–Trinajstić information content (AvgIpc) is 3.11. The zero-order valence-corrected chi connectivity index (χ0v) is 14.3. The van der Waals surface area contributed by atoms with E-state index < -0.39 is 11.7 Å². The van der Waals surface area contributed by atoms with Gasteiger partial charge in [-0.1, -0.05) is 22.4 Å². The van der Waals surface area contributed by atoms with Crippen molar-refractivity contribution in [2.75, 3.05) is 11.9 Å². The standard InChI is InChI=1S/C17H19BrFNO3/c18-13-3-4-15(14(19)8-13)20-16(21)9-23-17(22)7-12-6-10-1-2-11(12)5-10/h3-4,8,10-12H,1-2,5-7,9H2,(H,20,21). The number of carbonyl (C=O) groups excluding carboxylic acids is 2. The van der Waals surface area contributed by atoms with Crippen LogP contribution in [0.2, 0.25) is 0 Å². The van der Waals surface area contributed by atoms with E-state index in [-0.39, 0.29) is 18.3 Å². The molecule has 2 aliphatic carbocycles. The second-order valence-electron chi connectivity index (χ2n) is 6.47. The zero-order chi connectivity index (χ0) is 16.4. The third-order valence-electron chi connectivity index (χ3n) is 4.88. The molecular weight excluding hydrogens is 365 g/mol. The fourth-order valence-electron chi connectivity index (χ4n) is 3.82. The maximum absolute atomic E-state index is 13.6. The number of anilines is 1. The number of rotatable bonds is 5. The third kappa shape index (κ3) is 4.10. The van der Waals surface area contributed by atoms with Crippen LogP contribution in [-0.4, -0.2) is 18.5 Å². The van der Waals surface area contributed by atoms with Crippen LogP contribution >= 0.6 is 15.9 Å². The zero-order valence-electron chi connectivity index (χ0n) is 12.7. The molecule has 23 heavy (non-hydrogen) atoms. The van der Waals surface area contributed by atoms with Gasteiger partial charge in [0, 0.05) is 10.9 Å². The first kappa shape index (κ1) is 16.4. The summed E-state index contributed by atoms with van der Waals surface area (Å²) in [5, 5.41) is 2.40. The van der Waals surface area contributed by atoms with E-state index in [1.807, 2.05) is 0 Å². The molecule has 0 spiro atoms. The van der Waals surface area contributed by atoms with Crippen molar-refractivity contribution in [1.29, 1.82) is 0 Å². The molecule has 2 aliphatic rings. The van der Waals surface area contributed by atoms with Crippen LogP contribution in [0.25, 0.3) is 0 Å². The lowest BCUT2D eigenvalue weighted by molar-refractivity contribution is -0.148. The summed E-state index contributed by atoms with van der Waals surface area (Å²) in [4.78, 5) is 23.6. The van der Waals surface area contributed by atoms with Crippen LogP contribution in [0.5, 0.6) is 0 Å². The number of halogens is 2. The Labute approximate surface area is 142 Å². The summed E-state index contributed by atoms with van der Waals surface area (Å²) >= 11 is 3.15. The monoisotopic (exact) mass is 383 g/mol. The van der Waals surface area contributed by atoms with Gasteiger partial charge < -0.3 is 10.1 Å². The van der Waals surface area contributed by atoms with Crippen molar-refractivity contribution in [2.24, 2.45) is 17.8 Å². The fraction of sp³-hybridized carbons (Fsp3) is 0.529. The molecule has 3 unspecified atom stereocenters. The second-order valence-corrected chi connectivity index (χ2v) is 7.39. The summed E-state index contributed by atoms with van der Waals surface area (Å²) in [6.07, 6.45) is 5.24. The number of carbonyl (C=O) groups is 2. The predicted molar refractivity (Wildman–Crippen MR) is 87.2 cm³/mol. The Balaban J connectivity index is 1.42. The van der Waals surface area contributed by atoms with Crippen LogP contribution in [0.3, 0.4) is 0 Å². The molecular formula is C17H19BrFNO3. The molecule has 1 aromatic rings. The van der Waals surface area contributed by atoms with Crippen molar-refractivity contribution in [3.63, 3.8) is 0 Å². The van der Waals surface area contributed by atoms with Crippen LogP contribution in [0.15, 0.2) is 22.7 Å². The van der Waals surface area contributed by atoms with Gasteiger partial charge in [0.05, 0.1) is 5.69 Å². The van der Waals surface area contributed by atoms with Crippen LogP contribution < -0.4 is 5.32 Å². The number of benzene rings is 1. The summed E-state index contributed by atoms with van der Waals surface area (Å²) in [6, 6.07) is 4.34. The number of hydrogen-bond donors (Lipinski definition) is 1. The lowest BCUT2D eigenvalue weighted by Gasteiger charge is -2.20. The van der Waals surface area contributed by atoms with Crippen molar-refractivity contribution in [3.05, 3.63) is 28.5 Å². The lowest BCUT2D eigenvalue weighted by Crippen LogP contribution is -2.23. The van der Waals surface area contributed by atoms with Gasteiger partial charge in [-0.05, 0) is 55.2 Å². The topological polar surface area (TPSA) is 55.4 Å². The maximum atomic E-state index is 13.6. The highest BCUT2D eigenvalue weighted by Crippen LogP contribution is 2.49. The summed E-state index contributed by atoms with van der Waals surface area (Å²) in [5.74, 6) is 0.426. The second kappa shape index (κ2) is 6.99. The minimum Gasteiger partial charge on any atom is -0.456 e. The Morgan fingerprint density at radius 1 is 1.30 bits per heavy atom. The van der Waals surface area contributed by atoms with Gasteiger partial charge in [-0.2, -0.15) is 0 Å². The predicted octanol–water partition coefficient (Wildman–Crippen LogP) is 3.90. The van der Waals surface area contributed by atoms with E-state index in [0.717, 1.165) is 12.3 Å². The quantitative estimate of drug-likeness (QED) is 0.784. The van der Waals surface area contributed by atoms with Crippen molar-refractivity contribution in [3.8, 4) is 0 Å². The minimum atomic E-state index is -0.541. The highest BCUT2D eigenvalue weighted by Gasteiger charge is 2.40. The third-order valence-corrected chi connectivity index (χ3v) is 5.38. The molecule has 1 amide bonds. The first-order chi connectivity index (χ1) is 11.0. The fourth-order valence-corrected chi connectivity index (χ4v) is 4.16. The summed E-state index contributed by atoms with van der Waals surface area (Å²) < 4.78 is 19.2. The van der Waals surface area contributed by atoms with Gasteiger partial charge in [-0.3, -0.25) is 9.59 Å². The van der Waals surface area contributed by atoms with Gasteiger partial charge in [-0.15, -0.1) is 0 Å². The Morgan fingerprint density at radius 2 is 2.13 bits per heavy atom. The number of nitrogens with one attached hydrogen (secondary N) is 1. The van der Waals surface area contributed by atoms with Gasteiger partial charge in [0.2, 0.25) is 0 Å². The largest absolute Gasteiger partial charge is 0.456 e. The molecule has 0 aliphatic heterocycles. The Kier molecular flexibility index (Phi) is 4.99. The number of amides is 1. The molecule has 3 rings (SSSR count). The smallest absolute Gasteiger partial charge is 0.306 e. The summed E-state index contributed by atoms with van der Waals surface area (Å²) in [7, 11) is 0. The van der Waals surface area contributed by atoms with E-state index in [4.69, 9.17) is 4.74 Å².